The second kappa shape index (κ2) is 52.7. The van der Waals surface area contributed by atoms with E-state index in [0.717, 1.165) is 0 Å². The van der Waals surface area contributed by atoms with Crippen LogP contribution < -0.4 is 103 Å². The van der Waals surface area contributed by atoms with Crippen molar-refractivity contribution < 1.29 is 96.8 Å². The highest BCUT2D eigenvalue weighted by Crippen LogP contribution is 2.22. The van der Waals surface area contributed by atoms with E-state index in [9.17, 15) is 96.8 Å². The minimum Gasteiger partial charge on any atom is -0.481 e. The number of H-pyrrole nitrogens is 3. The smallest absolute Gasteiger partial charge is 0.326 e. The highest BCUT2D eigenvalue weighted by molar-refractivity contribution is 7.98. The van der Waals surface area contributed by atoms with Gasteiger partial charge < -0.3 is 138 Å². The molecular weight excluding hydrogens is 1630 g/mol. The van der Waals surface area contributed by atoms with E-state index in [4.69, 9.17) is 34.1 Å². The van der Waals surface area contributed by atoms with Gasteiger partial charge >= 0.3 is 11.9 Å². The molecule has 3 aromatic heterocycles. The normalized spacial score (nSPS) is 15.5. The number of aromatic nitrogens is 5. The highest BCUT2D eigenvalue weighted by atomic mass is 32.2. The molecule has 4 aromatic rings. The average molecular weight is 1750 g/mol. The van der Waals surface area contributed by atoms with Crippen LogP contribution in [-0.2, 0) is 101 Å². The Morgan fingerprint density at radius 3 is 1.66 bits per heavy atom. The minimum absolute atomic E-state index is 0.0183. The maximum Gasteiger partial charge on any atom is 0.326 e. The number of para-hydroxylation sites is 1. The van der Waals surface area contributed by atoms with E-state index in [0.29, 0.717) is 60.1 Å². The summed E-state index contributed by atoms with van der Waals surface area (Å²) in [5.41, 5.74) is 29.8. The molecular formula is C76H118N26O20S. The van der Waals surface area contributed by atoms with Crippen LogP contribution in [0, 0.1) is 11.3 Å². The topological polar surface area (TPSA) is 750 Å². The Balaban J connectivity index is 1.29. The standard InChI is InChI=1S/C76H118N26O20S/c1-5-40(2)62(73(119)95-51(22-27-123-4)68(114)99-55(75(121)122)30-44-34-84-39-90-44)101-70(116)52(28-42-32-86-47-16-7-6-14-45(42)47)96-69(115)54(31-61(107)108)97-71(117)56(37-103)100-66(112)49(17-9-11-24-78)94-67(113)50(20-21-58(80)104)93-60(106)36-88-64(110)53(29-43-33-83-38-89-43)98-72(118)57-19-13-26-102(57)74(120)41(3)91-65(111)48(18-12-25-85-76(81)82)92-59(105)35-87-63(109)46(79)15-8-10-23-77/h6-7,14,16,32-34,38-41,46,48-57,62,86,103H,5,8-13,15,17-31,35-37,77-79H2,1-4H3,(H2,80,104)(H,83,89)(H,84,90)(H,87,109)(H,88,110)(H,91,111)(H,92,105)(H,93,106)(H,94,113)(H,95,119)(H,96,115)(H,97,117)(H,98,118)(H,99,114)(H,100,112)(H,101,116)(H,107,108)(H,121,122)(H4,81,82,85)/t40-,41-,46-,48-,49-,50-,51-,52-,53-,54-,55-,56-,57-,62-/m0/s1. The van der Waals surface area contributed by atoms with Crippen molar-refractivity contribution in [3.63, 3.8) is 0 Å². The quantitative estimate of drug-likeness (QED) is 0.0111. The number of carboxylic acid groups (broad SMARTS) is 2. The number of aliphatic carboxylic acids is 2. The Hall–Kier alpha value is -12.4. The van der Waals surface area contributed by atoms with Gasteiger partial charge in [0.2, 0.25) is 88.6 Å². The summed E-state index contributed by atoms with van der Waals surface area (Å²) in [7, 11) is 0. The number of imidazole rings is 2. The number of likely N-dealkylation sites (tertiary alicyclic amines) is 1. The third-order valence-corrected chi connectivity index (χ3v) is 20.7. The van der Waals surface area contributed by atoms with Gasteiger partial charge in [-0.2, -0.15) is 11.8 Å². The number of aliphatic hydroxyl groups is 1. The lowest BCUT2D eigenvalue weighted by Crippen LogP contribution is -2.62. The SMILES string of the molecule is CC[C@H](C)[C@H](NC(=O)[C@H](Cc1c[nH]c2ccccc12)NC(=O)[C@H](CC(=O)O)NC(=O)[C@H](CO)NC(=O)[C@H](CCCCN)NC(=O)[C@H](CCC(N)=O)NC(=O)CNC(=O)[C@H](Cc1c[nH]cn1)NC(=O)[C@@H]1CCCN1C(=O)[C@H](C)NC(=O)[C@H](CCCNC(=N)N)NC(=O)CNC(=O)[C@@H](N)CCCCN)C(=O)N[C@@H](CCSC)C(=O)N[C@@H](Cc1c[nH]cn1)C(=O)O. The fourth-order valence-electron chi connectivity index (χ4n) is 13.1. The molecule has 1 saturated heterocycles. The second-order valence-corrected chi connectivity index (χ2v) is 30.5. The van der Waals surface area contributed by atoms with Crippen molar-refractivity contribution in [1.82, 2.24) is 104 Å². The van der Waals surface area contributed by atoms with Gasteiger partial charge in [-0.05, 0) is 120 Å². The molecule has 14 atom stereocenters. The van der Waals surface area contributed by atoms with Crippen molar-refractivity contribution in [2.75, 3.05) is 57.9 Å². The molecule has 1 fully saturated rings. The number of primary amides is 1. The van der Waals surface area contributed by atoms with Crippen molar-refractivity contribution in [3.05, 3.63) is 72.5 Å². The predicted octanol–water partition coefficient (Wildman–Crippen LogP) is -7.32. The van der Waals surface area contributed by atoms with Gasteiger partial charge in [-0.15, -0.1) is 0 Å². The fourth-order valence-corrected chi connectivity index (χ4v) is 13.5. The van der Waals surface area contributed by atoms with Crippen LogP contribution in [0.1, 0.15) is 134 Å². The number of hydrogen-bond acceptors (Lipinski definition) is 25. The van der Waals surface area contributed by atoms with Crippen LogP contribution in [0.3, 0.4) is 0 Å². The van der Waals surface area contributed by atoms with E-state index >= 15 is 0 Å². The van der Waals surface area contributed by atoms with Gasteiger partial charge in [-0.1, -0.05) is 44.9 Å². The van der Waals surface area contributed by atoms with Crippen molar-refractivity contribution in [2.45, 2.75) is 215 Å². The number of carboxylic acids is 2. The second-order valence-electron chi connectivity index (χ2n) is 29.6. The molecule has 0 bridgehead atoms. The van der Waals surface area contributed by atoms with Crippen molar-refractivity contribution in [2.24, 2.45) is 34.6 Å². The van der Waals surface area contributed by atoms with Gasteiger partial charge in [0.15, 0.2) is 5.96 Å². The molecule has 15 amide bonds. The molecule has 46 nitrogen and oxygen atoms in total. The number of thioether (sulfide) groups is 1. The maximum atomic E-state index is 14.8. The first-order chi connectivity index (χ1) is 58.6. The largest absolute Gasteiger partial charge is 0.481 e. The number of aliphatic hydroxyl groups excluding tert-OH is 1. The molecule has 123 heavy (non-hydrogen) atoms. The van der Waals surface area contributed by atoms with E-state index in [1.807, 2.05) is 0 Å². The molecule has 0 spiro atoms. The molecule has 678 valence electrons. The predicted molar refractivity (Wildman–Crippen MR) is 445 cm³/mol. The third kappa shape index (κ3) is 34.6. The first-order valence-electron chi connectivity index (χ1n) is 40.4. The zero-order valence-electron chi connectivity index (χ0n) is 69.1. The van der Waals surface area contributed by atoms with Gasteiger partial charge in [0, 0.05) is 68.3 Å². The van der Waals surface area contributed by atoms with Crippen LogP contribution in [0.5, 0.6) is 0 Å². The van der Waals surface area contributed by atoms with E-state index in [-0.39, 0.29) is 102 Å². The molecule has 0 unspecified atom stereocenters. The number of guanidine groups is 1. The summed E-state index contributed by atoms with van der Waals surface area (Å²) >= 11 is 1.33. The summed E-state index contributed by atoms with van der Waals surface area (Å²) in [6, 6.07) is -12.6. The number of benzene rings is 1. The summed E-state index contributed by atoms with van der Waals surface area (Å²) in [5.74, 6) is -18.1. The number of fused-ring (bicyclic) bond motifs is 1. The number of unbranched alkanes of at least 4 members (excludes halogenated alkanes) is 2. The van der Waals surface area contributed by atoms with Gasteiger partial charge in [-0.3, -0.25) is 82.1 Å². The van der Waals surface area contributed by atoms with Crippen LogP contribution >= 0.6 is 11.8 Å². The lowest BCUT2D eigenvalue weighted by Gasteiger charge is -2.29. The number of nitrogens with one attached hydrogen (secondary N) is 18. The average Bonchev–Trinajstić information content (AvgIpc) is 1.69. The number of nitrogens with two attached hydrogens (primary N) is 5. The monoisotopic (exact) mass is 1750 g/mol. The number of rotatable bonds is 57. The molecule has 1 aromatic carbocycles. The zero-order chi connectivity index (χ0) is 90.8. The molecule has 5 rings (SSSR count). The summed E-state index contributed by atoms with van der Waals surface area (Å²) in [5, 5.41) is 73.7. The van der Waals surface area contributed by atoms with Crippen LogP contribution in [0.2, 0.25) is 0 Å². The first kappa shape index (κ1) is 101. The number of carbonyl (C=O) groups is 17. The summed E-state index contributed by atoms with van der Waals surface area (Å²) < 4.78 is 0. The molecule has 1 aliphatic rings. The molecule has 0 aliphatic carbocycles. The van der Waals surface area contributed by atoms with Gasteiger partial charge in [0.05, 0.1) is 56.2 Å². The Bertz CT molecular complexity index is 4230. The van der Waals surface area contributed by atoms with E-state index in [1.54, 1.807) is 50.6 Å². The summed E-state index contributed by atoms with van der Waals surface area (Å²) in [4.78, 5) is 251. The minimum atomic E-state index is -2.07. The van der Waals surface area contributed by atoms with Crippen LogP contribution in [0.25, 0.3) is 10.9 Å². The Morgan fingerprint density at radius 1 is 0.569 bits per heavy atom. The molecule has 47 heteroatoms. The highest BCUT2D eigenvalue weighted by Gasteiger charge is 2.41. The van der Waals surface area contributed by atoms with Gasteiger partial charge in [0.1, 0.15) is 72.5 Å². The van der Waals surface area contributed by atoms with Crippen molar-refractivity contribution >= 4 is 129 Å². The Morgan fingerprint density at radius 2 is 1.08 bits per heavy atom. The van der Waals surface area contributed by atoms with Gasteiger partial charge in [0.25, 0.3) is 0 Å². The van der Waals surface area contributed by atoms with E-state index < -0.39 is 224 Å². The number of aromatic amines is 3. The van der Waals surface area contributed by atoms with Crippen molar-refractivity contribution in [1.29, 1.82) is 5.41 Å². The first-order valence-corrected chi connectivity index (χ1v) is 41.8. The van der Waals surface area contributed by atoms with Crippen LogP contribution in [-0.4, -0.2) is 288 Å². The maximum absolute atomic E-state index is 14.8. The molecule has 4 heterocycles. The number of carbonyl (C=O) groups excluding carboxylic acids is 15. The zero-order valence-corrected chi connectivity index (χ0v) is 69.9. The lowest BCUT2D eigenvalue weighted by atomic mass is 9.96. The molecule has 0 radical (unpaired) electrons. The Labute approximate surface area is 712 Å². The summed E-state index contributed by atoms with van der Waals surface area (Å²) in [6.45, 7) is 2.67. The van der Waals surface area contributed by atoms with Gasteiger partial charge in [-0.25, -0.2) is 14.8 Å². The molecule has 0 saturated carbocycles. The molecule has 1 aliphatic heterocycles. The van der Waals surface area contributed by atoms with Crippen LogP contribution in [0.4, 0.5) is 0 Å². The summed E-state index contributed by atoms with van der Waals surface area (Å²) in [6.07, 6.45) is 8.29. The number of amides is 15. The van der Waals surface area contributed by atoms with E-state index in [1.165, 1.54) is 48.6 Å². The molecule has 31 N–H and O–H groups in total. The number of nitrogens with zero attached hydrogens (tertiary/aromatic N) is 3. The van der Waals surface area contributed by atoms with E-state index in [2.05, 4.69) is 99.4 Å². The lowest BCUT2D eigenvalue weighted by molar-refractivity contribution is -0.142. The Kier molecular flexibility index (Phi) is 43.4. The number of hydrogen-bond donors (Lipinski definition) is 26. The third-order valence-electron chi connectivity index (χ3n) is 20.0. The van der Waals surface area contributed by atoms with Crippen molar-refractivity contribution in [3.8, 4) is 0 Å². The fraction of sp³-hybridized carbons (Fsp3) is 0.579. The van der Waals surface area contributed by atoms with Crippen LogP contribution in [0.15, 0.2) is 55.5 Å².